The number of nitrogens with one attached hydrogen (secondary N) is 9. The van der Waals surface area contributed by atoms with Crippen molar-refractivity contribution in [3.63, 3.8) is 0 Å². The van der Waals surface area contributed by atoms with Crippen LogP contribution in [0.5, 0.6) is 0 Å². The van der Waals surface area contributed by atoms with Crippen LogP contribution >= 0.6 is 0 Å². The number of rotatable bonds is 25. The summed E-state index contributed by atoms with van der Waals surface area (Å²) in [4.78, 5) is 128. The molecule has 4 aromatic carbocycles. The molecule has 0 saturated carbocycles. The lowest BCUT2D eigenvalue weighted by Gasteiger charge is -2.32. The molecule has 4 aromatic rings. The second-order valence-corrected chi connectivity index (χ2v) is 24.4. The topological polar surface area (TPSA) is 278 Å². The molecular weight excluding hydrogens is 1130 g/mol. The highest BCUT2D eigenvalue weighted by Gasteiger charge is 2.46. The predicted octanol–water partition coefficient (Wildman–Crippen LogP) is 4.80. The summed E-state index contributed by atoms with van der Waals surface area (Å²) in [5, 5.41) is 26.6. The molecule has 2 heterocycles. The minimum absolute atomic E-state index is 0.00329. The summed E-state index contributed by atoms with van der Waals surface area (Å²) in [5.41, 5.74) is 9.03. The molecule has 0 bridgehead atoms. The van der Waals surface area contributed by atoms with Crippen molar-refractivity contribution in [1.29, 1.82) is 0 Å². The lowest BCUT2D eigenvalue weighted by Crippen LogP contribution is -2.56. The van der Waals surface area contributed by atoms with E-state index in [9.17, 15) is 43.2 Å². The Morgan fingerprint density at radius 2 is 1.07 bits per heavy atom. The molecule has 0 radical (unpaired) electrons. The maximum absolute atomic E-state index is 15.0. The highest BCUT2D eigenvalue weighted by molar-refractivity contribution is 5.96. The molecule has 21 heteroatoms. The van der Waals surface area contributed by atoms with Crippen LogP contribution in [0.4, 0.5) is 4.79 Å². The Morgan fingerprint density at radius 3 is 1.61 bits per heavy atom. The molecule has 2 aliphatic heterocycles. The lowest BCUT2D eigenvalue weighted by molar-refractivity contribution is -0.142. The fourth-order valence-electron chi connectivity index (χ4n) is 13.2. The van der Waals surface area contributed by atoms with Crippen LogP contribution in [0, 0.1) is 0 Å². The molecule has 0 spiro atoms. The van der Waals surface area contributed by atoms with Crippen LogP contribution in [0.15, 0.2) is 109 Å². The first-order valence-corrected chi connectivity index (χ1v) is 31.6. The third kappa shape index (κ3) is 15.9. The van der Waals surface area contributed by atoms with E-state index in [1.54, 1.807) is 34.9 Å². The molecule has 89 heavy (non-hydrogen) atoms. The van der Waals surface area contributed by atoms with Crippen molar-refractivity contribution in [2.24, 2.45) is 0 Å². The number of alkyl carbamates (subject to hydrolysis) is 1. The quantitative estimate of drug-likeness (QED) is 0.0320. The smallest absolute Gasteiger partial charge is 0.407 e. The number of aryl methyl sites for hydroxylation is 2. The van der Waals surface area contributed by atoms with Crippen LogP contribution in [0.1, 0.15) is 143 Å². The zero-order chi connectivity index (χ0) is 63.3. The molecule has 9 N–H and O–H groups in total. The first-order chi connectivity index (χ1) is 42.9. The van der Waals surface area contributed by atoms with E-state index in [-0.39, 0.29) is 113 Å². The van der Waals surface area contributed by atoms with Gasteiger partial charge in [-0.05, 0) is 156 Å². The Morgan fingerprint density at radius 1 is 0.584 bits per heavy atom. The number of likely N-dealkylation sites (tertiary alicyclic amines) is 2. The summed E-state index contributed by atoms with van der Waals surface area (Å²) < 4.78 is 5.91. The van der Waals surface area contributed by atoms with Gasteiger partial charge in [-0.15, -0.1) is 0 Å². The predicted molar refractivity (Wildman–Crippen MR) is 337 cm³/mol. The Labute approximate surface area is 521 Å². The maximum Gasteiger partial charge on any atom is 0.407 e. The number of carbonyl (C=O) groups excluding carboxylic acids is 9. The maximum atomic E-state index is 15.0. The minimum atomic E-state index is -1.12. The van der Waals surface area contributed by atoms with E-state index in [0.717, 1.165) is 76.6 Å². The summed E-state index contributed by atoms with van der Waals surface area (Å²) in [7, 11) is 3.25. The zero-order valence-corrected chi connectivity index (χ0v) is 51.8. The fraction of sp³-hybridized carbons (Fsp3) is 0.485. The van der Waals surface area contributed by atoms with Gasteiger partial charge in [0.15, 0.2) is 0 Å². The average Bonchev–Trinajstić information content (AvgIpc) is 1.89. The van der Waals surface area contributed by atoms with Crippen LogP contribution < -0.4 is 47.9 Å². The van der Waals surface area contributed by atoms with E-state index in [1.807, 2.05) is 72.8 Å². The molecule has 5 aliphatic rings. The Balaban J connectivity index is 0.802. The van der Waals surface area contributed by atoms with Crippen molar-refractivity contribution in [1.82, 2.24) is 57.7 Å². The third-order valence-electron chi connectivity index (χ3n) is 18.3. The number of fused-ring (bicyclic) bond motifs is 5. The van der Waals surface area contributed by atoms with Gasteiger partial charge in [-0.3, -0.25) is 38.4 Å². The van der Waals surface area contributed by atoms with Crippen LogP contribution in [0.2, 0.25) is 0 Å². The first-order valence-electron chi connectivity index (χ1n) is 31.6. The summed E-state index contributed by atoms with van der Waals surface area (Å²) >= 11 is 0. The van der Waals surface area contributed by atoms with Gasteiger partial charge in [0.05, 0.1) is 30.2 Å². The van der Waals surface area contributed by atoms with Gasteiger partial charge in [0.1, 0.15) is 30.8 Å². The molecule has 9 rings (SSSR count). The third-order valence-corrected chi connectivity index (χ3v) is 18.3. The SMILES string of the molecule is C=C(C)[C@H](NC(=O)[C@H](C)NC)C(=O)N1C[C@@H](NC(=O)CCCC(=O)NCCC[C@H](NC(=O)[C@H](C)NC)C(=O)N2C[C@@H](NC(=O)OCC3c4ccccc4-c4ccccc43)C[C@H]2C(=O)N[C@@H]2CCCc3ccccc32)C[C@H]1C(=O)N[C@@H]1CCCc2ccccc21. The second-order valence-electron chi connectivity index (χ2n) is 24.4. The molecule has 0 aromatic heterocycles. The van der Waals surface area contributed by atoms with Gasteiger partial charge in [0, 0.05) is 44.4 Å². The summed E-state index contributed by atoms with van der Waals surface area (Å²) in [6.07, 6.45) is 5.01. The van der Waals surface area contributed by atoms with Gasteiger partial charge in [-0.25, -0.2) is 4.79 Å². The number of carbonyl (C=O) groups is 9. The van der Waals surface area contributed by atoms with Gasteiger partial charge in [0.25, 0.3) is 0 Å². The monoisotopic (exact) mass is 1220 g/mol. The molecule has 0 unspecified atom stereocenters. The standard InChI is InChI=1S/C68H87N11O10/c1-40(2)61(77-63(83)42(4)70-6)67(87)79-37-45(35-58(79)65(85)75-55-30-16-22-44-20-8-10-24-48(44)55)72-60(81)33-17-32-59(80)71-34-18-31-56(76-62(82)41(3)69-5)66(86)78-38-46(36-57(78)64(84)74-54-29-15-21-43-19-7-9-23-47(43)54)73-68(88)89-39-53-51-27-13-11-25-49(51)50-26-12-14-28-52(50)53/h7-14,19-20,23-28,41-42,45-46,53-58,61,69-70H,1,15-18,21-22,29-39H2,2-6H3,(H,71,80)(H,72,81)(H,73,88)(H,74,84)(H,75,85)(H,76,82)(H,77,83)/t41-,42-,45-,46-,54+,55+,56-,57-,58-,61-/m0/s1. The van der Waals surface area contributed by atoms with Crippen LogP contribution in [-0.2, 0) is 55.9 Å². The number of likely N-dealkylation sites (N-methyl/N-ethyl adjacent to an activating group) is 2. The highest BCUT2D eigenvalue weighted by atomic mass is 16.5. The van der Waals surface area contributed by atoms with Gasteiger partial charge >= 0.3 is 6.09 Å². The van der Waals surface area contributed by atoms with E-state index in [0.29, 0.717) is 12.0 Å². The van der Waals surface area contributed by atoms with Gasteiger partial charge < -0.3 is 62.4 Å². The second kappa shape index (κ2) is 30.2. The first kappa shape index (κ1) is 65.0. The molecule has 2 saturated heterocycles. The average molecular weight is 1220 g/mol. The van der Waals surface area contributed by atoms with Crippen molar-refractivity contribution in [3.8, 4) is 11.1 Å². The van der Waals surface area contributed by atoms with Crippen molar-refractivity contribution in [2.75, 3.05) is 40.3 Å². The van der Waals surface area contributed by atoms with Crippen molar-refractivity contribution < 1.29 is 47.9 Å². The summed E-state index contributed by atoms with van der Waals surface area (Å²) in [6, 6.07) is 24.7. The van der Waals surface area contributed by atoms with E-state index in [1.165, 1.54) is 9.80 Å². The van der Waals surface area contributed by atoms with Crippen LogP contribution in [-0.4, -0.2) is 152 Å². The number of hydrogen-bond donors (Lipinski definition) is 9. The Kier molecular flexibility index (Phi) is 22.1. The summed E-state index contributed by atoms with van der Waals surface area (Å²) in [5.74, 6) is -3.53. The molecule has 2 fully saturated rings. The number of benzene rings is 4. The Hall–Kier alpha value is -8.43. The molecule has 3 aliphatic carbocycles. The number of hydrogen-bond acceptors (Lipinski definition) is 12. The molecule has 21 nitrogen and oxygen atoms in total. The van der Waals surface area contributed by atoms with E-state index in [2.05, 4.69) is 78.7 Å². The number of ether oxygens (including phenoxy) is 1. The zero-order valence-electron chi connectivity index (χ0n) is 51.8. The van der Waals surface area contributed by atoms with Gasteiger partial charge in [0.2, 0.25) is 47.3 Å². The summed E-state index contributed by atoms with van der Waals surface area (Å²) in [6.45, 7) is 9.10. The number of amides is 9. The van der Waals surface area contributed by atoms with Crippen molar-refractivity contribution >= 4 is 53.4 Å². The van der Waals surface area contributed by atoms with Crippen molar-refractivity contribution in [2.45, 2.75) is 171 Å². The van der Waals surface area contributed by atoms with E-state index >= 15 is 0 Å². The van der Waals surface area contributed by atoms with Gasteiger partial charge in [-0.2, -0.15) is 0 Å². The lowest BCUT2D eigenvalue weighted by atomic mass is 9.87. The van der Waals surface area contributed by atoms with E-state index < -0.39 is 78.1 Å². The fourth-order valence-corrected chi connectivity index (χ4v) is 13.2. The molecule has 10 atom stereocenters. The largest absolute Gasteiger partial charge is 0.449 e. The van der Waals surface area contributed by atoms with Crippen LogP contribution in [0.25, 0.3) is 11.1 Å². The minimum Gasteiger partial charge on any atom is -0.449 e. The molecule has 9 amide bonds. The molecule has 474 valence electrons. The van der Waals surface area contributed by atoms with E-state index in [4.69, 9.17) is 4.74 Å². The molecular formula is C68H87N11O10. The Bertz CT molecular complexity index is 3240. The van der Waals surface area contributed by atoms with Gasteiger partial charge in [-0.1, -0.05) is 104 Å². The van der Waals surface area contributed by atoms with Crippen LogP contribution in [0.3, 0.4) is 0 Å². The normalized spacial score (nSPS) is 21.2. The highest BCUT2D eigenvalue weighted by Crippen LogP contribution is 2.44. The number of nitrogens with zero attached hydrogens (tertiary/aromatic N) is 2. The van der Waals surface area contributed by atoms with Crippen molar-refractivity contribution in [3.05, 3.63) is 143 Å².